The number of carbonyl (C=O) groups is 1. The first kappa shape index (κ1) is 15.2. The number of hydrogen-bond donors (Lipinski definition) is 1. The Balaban J connectivity index is 2.30. The van der Waals surface area contributed by atoms with Crippen LogP contribution in [-0.4, -0.2) is 48.7 Å². The number of carbonyl (C=O) groups excluding carboxylic acids is 1. The van der Waals surface area contributed by atoms with Crippen LogP contribution in [0.2, 0.25) is 0 Å². The predicted molar refractivity (Wildman–Crippen MR) is 74.2 cm³/mol. The van der Waals surface area contributed by atoms with Crippen molar-refractivity contribution in [3.05, 3.63) is 0 Å². The molecule has 1 atom stereocenters. The number of thioether (sulfide) groups is 1. The van der Waals surface area contributed by atoms with Crippen molar-refractivity contribution in [2.45, 2.75) is 23.7 Å². The van der Waals surface area contributed by atoms with E-state index in [1.807, 2.05) is 19.0 Å². The lowest BCUT2D eigenvalue weighted by Gasteiger charge is -2.08. The lowest BCUT2D eigenvalue weighted by molar-refractivity contribution is -0.144. The molecule has 1 aromatic rings. The van der Waals surface area contributed by atoms with Gasteiger partial charge in [0.05, 0.1) is 6.61 Å². The maximum Gasteiger partial charge on any atom is 0.322 e. The van der Waals surface area contributed by atoms with E-state index >= 15 is 0 Å². The Bertz CT molecular complexity index is 384. The van der Waals surface area contributed by atoms with Gasteiger partial charge in [0.1, 0.15) is 6.04 Å². The minimum atomic E-state index is -0.557. The Morgan fingerprint density at radius 2 is 2.28 bits per heavy atom. The minimum Gasteiger partial charge on any atom is -0.465 e. The normalized spacial score (nSPS) is 12.2. The van der Waals surface area contributed by atoms with Crippen LogP contribution >= 0.6 is 23.1 Å². The molecule has 1 rings (SSSR count). The molecule has 1 unspecified atom stereocenters. The van der Waals surface area contributed by atoms with Crippen LogP contribution < -0.4 is 10.6 Å². The van der Waals surface area contributed by atoms with Gasteiger partial charge in [0.25, 0.3) is 0 Å². The summed E-state index contributed by atoms with van der Waals surface area (Å²) in [5, 5.41) is 8.94. The molecule has 0 fully saturated rings. The van der Waals surface area contributed by atoms with Crippen molar-refractivity contribution < 1.29 is 9.53 Å². The largest absolute Gasteiger partial charge is 0.465 e. The number of rotatable bonds is 7. The standard InChI is InChI=1S/C10H18N4O2S2/c1-4-16-8(15)7(11)5-6-17-10-13-12-9(18-10)14(2)3/h7H,4-6,11H2,1-3H3. The van der Waals surface area contributed by atoms with Crippen molar-refractivity contribution in [2.24, 2.45) is 5.73 Å². The van der Waals surface area contributed by atoms with E-state index in [0.29, 0.717) is 13.0 Å². The van der Waals surface area contributed by atoms with Crippen LogP contribution in [0.25, 0.3) is 0 Å². The molecular weight excluding hydrogens is 272 g/mol. The van der Waals surface area contributed by atoms with Gasteiger partial charge in [-0.25, -0.2) is 0 Å². The molecule has 0 saturated heterocycles. The molecule has 0 aliphatic carbocycles. The first-order valence-electron chi connectivity index (χ1n) is 5.60. The fourth-order valence-electron chi connectivity index (χ4n) is 1.08. The van der Waals surface area contributed by atoms with Crippen molar-refractivity contribution in [1.29, 1.82) is 0 Å². The van der Waals surface area contributed by atoms with Crippen LogP contribution in [0.4, 0.5) is 5.13 Å². The molecule has 6 nitrogen and oxygen atoms in total. The Kier molecular flexibility index (Phi) is 6.37. The summed E-state index contributed by atoms with van der Waals surface area (Å²) in [6, 6.07) is -0.557. The molecule has 1 aromatic heterocycles. The Morgan fingerprint density at radius 1 is 1.56 bits per heavy atom. The maximum atomic E-state index is 11.3. The van der Waals surface area contributed by atoms with Gasteiger partial charge in [-0.1, -0.05) is 23.1 Å². The summed E-state index contributed by atoms with van der Waals surface area (Å²) in [6.45, 7) is 2.13. The molecule has 1 heterocycles. The number of aromatic nitrogens is 2. The van der Waals surface area contributed by atoms with Gasteiger partial charge in [0.15, 0.2) is 4.34 Å². The number of nitrogens with zero attached hydrogens (tertiary/aromatic N) is 3. The number of hydrogen-bond acceptors (Lipinski definition) is 8. The third kappa shape index (κ3) is 4.79. The minimum absolute atomic E-state index is 0.343. The highest BCUT2D eigenvalue weighted by Gasteiger charge is 2.14. The highest BCUT2D eigenvalue weighted by Crippen LogP contribution is 2.27. The molecule has 0 bridgehead atoms. The van der Waals surface area contributed by atoms with Crippen LogP contribution in [0.3, 0.4) is 0 Å². The summed E-state index contributed by atoms with van der Waals surface area (Å²) < 4.78 is 5.72. The summed E-state index contributed by atoms with van der Waals surface area (Å²) in [6.07, 6.45) is 0.570. The summed E-state index contributed by atoms with van der Waals surface area (Å²) in [5.74, 6) is 0.381. The van der Waals surface area contributed by atoms with Crippen LogP contribution in [0.1, 0.15) is 13.3 Å². The second kappa shape index (κ2) is 7.55. The molecule has 8 heteroatoms. The van der Waals surface area contributed by atoms with Gasteiger partial charge >= 0.3 is 5.97 Å². The lowest BCUT2D eigenvalue weighted by atomic mass is 10.2. The number of nitrogens with two attached hydrogens (primary N) is 1. The Labute approximate surface area is 115 Å². The molecule has 0 saturated carbocycles. The first-order valence-corrected chi connectivity index (χ1v) is 7.40. The maximum absolute atomic E-state index is 11.3. The van der Waals surface area contributed by atoms with E-state index in [1.165, 1.54) is 11.3 Å². The highest BCUT2D eigenvalue weighted by molar-refractivity contribution is 8.01. The van der Waals surface area contributed by atoms with E-state index in [9.17, 15) is 4.79 Å². The second-order valence-electron chi connectivity index (χ2n) is 3.74. The van der Waals surface area contributed by atoms with Gasteiger partial charge in [-0.05, 0) is 13.3 Å². The monoisotopic (exact) mass is 290 g/mol. The third-order valence-corrected chi connectivity index (χ3v) is 4.28. The van der Waals surface area contributed by atoms with E-state index in [0.717, 1.165) is 15.2 Å². The summed E-state index contributed by atoms with van der Waals surface area (Å²) in [4.78, 5) is 13.2. The van der Waals surface area contributed by atoms with Crippen LogP contribution in [-0.2, 0) is 9.53 Å². The van der Waals surface area contributed by atoms with E-state index in [1.54, 1.807) is 18.7 Å². The zero-order valence-corrected chi connectivity index (χ0v) is 12.4. The molecule has 0 amide bonds. The lowest BCUT2D eigenvalue weighted by Crippen LogP contribution is -2.32. The molecule has 0 aliphatic rings. The quantitative estimate of drug-likeness (QED) is 0.592. The van der Waals surface area contributed by atoms with Crippen LogP contribution in [0.5, 0.6) is 0 Å². The molecule has 102 valence electrons. The van der Waals surface area contributed by atoms with Crippen LogP contribution in [0.15, 0.2) is 4.34 Å². The molecule has 0 aliphatic heterocycles. The molecule has 0 radical (unpaired) electrons. The topological polar surface area (TPSA) is 81.3 Å². The zero-order valence-electron chi connectivity index (χ0n) is 10.8. The molecule has 0 spiro atoms. The SMILES string of the molecule is CCOC(=O)C(N)CCSc1nnc(N(C)C)s1. The van der Waals surface area contributed by atoms with Crippen LogP contribution in [0, 0.1) is 0 Å². The third-order valence-electron chi connectivity index (χ3n) is 2.02. The average molecular weight is 290 g/mol. The fourth-order valence-corrected chi connectivity index (χ4v) is 2.94. The van der Waals surface area contributed by atoms with Gasteiger partial charge in [0.2, 0.25) is 5.13 Å². The number of anilines is 1. The summed E-state index contributed by atoms with van der Waals surface area (Å²) in [7, 11) is 3.84. The van der Waals surface area contributed by atoms with Crippen molar-refractivity contribution >= 4 is 34.2 Å². The predicted octanol–water partition coefficient (Wildman–Crippen LogP) is 0.977. The molecule has 2 N–H and O–H groups in total. The van der Waals surface area contributed by atoms with Gasteiger partial charge in [0, 0.05) is 19.8 Å². The van der Waals surface area contributed by atoms with E-state index in [-0.39, 0.29) is 5.97 Å². The Hall–Kier alpha value is -0.860. The van der Waals surface area contributed by atoms with Gasteiger partial charge in [-0.15, -0.1) is 10.2 Å². The molecule has 18 heavy (non-hydrogen) atoms. The number of ether oxygens (including phenoxy) is 1. The smallest absolute Gasteiger partial charge is 0.322 e. The summed E-state index contributed by atoms with van der Waals surface area (Å²) in [5.41, 5.74) is 5.69. The van der Waals surface area contributed by atoms with E-state index in [4.69, 9.17) is 10.5 Å². The average Bonchev–Trinajstić information content (AvgIpc) is 2.78. The summed E-state index contributed by atoms with van der Waals surface area (Å²) >= 11 is 3.07. The van der Waals surface area contributed by atoms with Gasteiger partial charge in [-0.3, -0.25) is 4.79 Å². The van der Waals surface area contributed by atoms with Gasteiger partial charge in [-0.2, -0.15) is 0 Å². The zero-order chi connectivity index (χ0) is 13.5. The number of esters is 1. The fraction of sp³-hybridized carbons (Fsp3) is 0.700. The Morgan fingerprint density at radius 3 is 2.83 bits per heavy atom. The van der Waals surface area contributed by atoms with Crippen molar-refractivity contribution in [3.8, 4) is 0 Å². The van der Waals surface area contributed by atoms with Crippen molar-refractivity contribution in [3.63, 3.8) is 0 Å². The van der Waals surface area contributed by atoms with E-state index in [2.05, 4.69) is 10.2 Å². The molecule has 0 aromatic carbocycles. The highest BCUT2D eigenvalue weighted by atomic mass is 32.2. The first-order chi connectivity index (χ1) is 8.54. The van der Waals surface area contributed by atoms with Crippen molar-refractivity contribution in [2.75, 3.05) is 31.4 Å². The van der Waals surface area contributed by atoms with Gasteiger partial charge < -0.3 is 15.4 Å². The molecular formula is C10H18N4O2S2. The van der Waals surface area contributed by atoms with Crippen molar-refractivity contribution in [1.82, 2.24) is 10.2 Å². The second-order valence-corrected chi connectivity index (χ2v) is 6.04. The van der Waals surface area contributed by atoms with E-state index < -0.39 is 6.04 Å².